The van der Waals surface area contributed by atoms with E-state index in [-0.39, 0.29) is 12.8 Å². The Bertz CT molecular complexity index is 216. The number of rotatable bonds is 1. The van der Waals surface area contributed by atoms with Crippen molar-refractivity contribution in [3.63, 3.8) is 0 Å². The molecule has 0 aromatic heterocycles. The lowest BCUT2D eigenvalue weighted by Gasteiger charge is -2.39. The van der Waals surface area contributed by atoms with Crippen LogP contribution in [0.1, 0.15) is 19.8 Å². The average Bonchev–Trinajstić information content (AvgIpc) is 2.02. The van der Waals surface area contributed by atoms with Gasteiger partial charge in [-0.2, -0.15) is 0 Å². The van der Waals surface area contributed by atoms with Crippen LogP contribution in [0.2, 0.25) is 0 Å². The van der Waals surface area contributed by atoms with E-state index in [9.17, 15) is 20.1 Å². The monoisotopic (exact) mass is 186 g/mol. The fourth-order valence-corrected chi connectivity index (χ4v) is 1.45. The minimum Gasteiger partial charge on any atom is -0.390 e. The summed E-state index contributed by atoms with van der Waals surface area (Å²) in [5.74, 6) is 0. The van der Waals surface area contributed by atoms with Crippen LogP contribution in [0.4, 0.5) is 0 Å². The molecule has 0 aromatic carbocycles. The number of carbonyl (C=O) groups is 1. The van der Waals surface area contributed by atoms with Crippen molar-refractivity contribution in [2.24, 2.45) is 0 Å². The number of hydrogen-bond donors (Lipinski definition) is 3. The molecule has 1 saturated carbocycles. The molecule has 0 heterocycles. The highest BCUT2D eigenvalue weighted by Crippen LogP contribution is 2.31. The van der Waals surface area contributed by atoms with Gasteiger partial charge in [0.1, 0.15) is 11.9 Å². The van der Waals surface area contributed by atoms with Crippen molar-refractivity contribution < 1.29 is 20.1 Å². The van der Waals surface area contributed by atoms with E-state index >= 15 is 0 Å². The molecular weight excluding hydrogens is 172 g/mol. The van der Waals surface area contributed by atoms with Crippen LogP contribution in [-0.4, -0.2) is 39.4 Å². The largest absolute Gasteiger partial charge is 0.390 e. The van der Waals surface area contributed by atoms with Crippen LogP contribution in [0, 0.1) is 0 Å². The zero-order chi connectivity index (χ0) is 10.1. The van der Waals surface area contributed by atoms with Crippen LogP contribution in [0.15, 0.2) is 11.6 Å². The minimum atomic E-state index is -1.47. The molecule has 2 atom stereocenters. The topological polar surface area (TPSA) is 77.8 Å². The number of aldehydes is 1. The molecule has 1 aliphatic carbocycles. The Hall–Kier alpha value is -0.710. The Morgan fingerprint density at radius 3 is 2.23 bits per heavy atom. The second-order valence-electron chi connectivity index (χ2n) is 3.63. The van der Waals surface area contributed by atoms with Crippen molar-refractivity contribution in [1.29, 1.82) is 0 Å². The summed E-state index contributed by atoms with van der Waals surface area (Å²) >= 11 is 0. The fraction of sp³-hybridized carbons (Fsp3) is 0.667. The quantitative estimate of drug-likeness (QED) is 0.376. The van der Waals surface area contributed by atoms with Crippen molar-refractivity contribution in [3.8, 4) is 0 Å². The van der Waals surface area contributed by atoms with Crippen molar-refractivity contribution in [2.45, 2.75) is 37.6 Å². The summed E-state index contributed by atoms with van der Waals surface area (Å²) in [5, 5.41) is 28.5. The highest BCUT2D eigenvalue weighted by atomic mass is 16.4. The first-order valence-electron chi connectivity index (χ1n) is 4.20. The second kappa shape index (κ2) is 3.57. The Kier molecular flexibility index (Phi) is 2.85. The predicted octanol–water partition coefficient (Wildman–Crippen LogP) is -0.622. The summed E-state index contributed by atoms with van der Waals surface area (Å²) in [6.45, 7) is 1.39. The molecule has 1 rings (SSSR count). The second-order valence-corrected chi connectivity index (χ2v) is 3.63. The molecule has 0 unspecified atom stereocenters. The van der Waals surface area contributed by atoms with Gasteiger partial charge >= 0.3 is 0 Å². The first-order valence-corrected chi connectivity index (χ1v) is 4.20. The SMILES string of the molecule is CC1(O)[C@H](O)CC(=CC=O)C[C@H]1O. The summed E-state index contributed by atoms with van der Waals surface area (Å²) in [5.41, 5.74) is -0.804. The molecule has 0 saturated heterocycles. The predicted molar refractivity (Wildman–Crippen MR) is 46.0 cm³/mol. The van der Waals surface area contributed by atoms with Crippen LogP contribution in [0.3, 0.4) is 0 Å². The Morgan fingerprint density at radius 2 is 1.85 bits per heavy atom. The van der Waals surface area contributed by atoms with E-state index in [1.807, 2.05) is 0 Å². The van der Waals surface area contributed by atoms with Gasteiger partial charge < -0.3 is 15.3 Å². The Morgan fingerprint density at radius 1 is 1.38 bits per heavy atom. The van der Waals surface area contributed by atoms with Crippen LogP contribution < -0.4 is 0 Å². The lowest BCUT2D eigenvalue weighted by Crippen LogP contribution is -2.52. The van der Waals surface area contributed by atoms with Crippen LogP contribution in [-0.2, 0) is 4.79 Å². The smallest absolute Gasteiger partial charge is 0.142 e. The molecular formula is C9H14O4. The van der Waals surface area contributed by atoms with Crippen LogP contribution in [0.25, 0.3) is 0 Å². The van der Waals surface area contributed by atoms with E-state index in [1.165, 1.54) is 13.0 Å². The summed E-state index contributed by atoms with van der Waals surface area (Å²) < 4.78 is 0. The van der Waals surface area contributed by atoms with Crippen molar-refractivity contribution >= 4 is 6.29 Å². The van der Waals surface area contributed by atoms with Gasteiger partial charge in [-0.25, -0.2) is 0 Å². The summed E-state index contributed by atoms with van der Waals surface area (Å²) in [4.78, 5) is 10.1. The van der Waals surface area contributed by atoms with Crippen LogP contribution in [0.5, 0.6) is 0 Å². The molecule has 1 fully saturated rings. The maximum Gasteiger partial charge on any atom is 0.142 e. The Balaban J connectivity index is 2.79. The number of allylic oxidation sites excluding steroid dienone is 1. The lowest BCUT2D eigenvalue weighted by atomic mass is 9.78. The molecule has 0 radical (unpaired) electrons. The average molecular weight is 186 g/mol. The summed E-state index contributed by atoms with van der Waals surface area (Å²) in [6, 6.07) is 0. The van der Waals surface area contributed by atoms with Gasteiger partial charge in [-0.1, -0.05) is 5.57 Å². The molecule has 13 heavy (non-hydrogen) atoms. The van der Waals surface area contributed by atoms with E-state index in [4.69, 9.17) is 0 Å². The first-order chi connectivity index (χ1) is 5.98. The maximum absolute atomic E-state index is 10.1. The number of aliphatic hydroxyl groups is 3. The molecule has 0 aliphatic heterocycles. The molecule has 0 spiro atoms. The minimum absolute atomic E-state index is 0.239. The third kappa shape index (κ3) is 1.96. The van der Waals surface area contributed by atoms with E-state index in [1.54, 1.807) is 0 Å². The van der Waals surface area contributed by atoms with Gasteiger partial charge in [0.2, 0.25) is 0 Å². The fourth-order valence-electron chi connectivity index (χ4n) is 1.45. The van der Waals surface area contributed by atoms with E-state index in [0.717, 1.165) is 0 Å². The Labute approximate surface area is 76.5 Å². The van der Waals surface area contributed by atoms with Crippen molar-refractivity contribution in [3.05, 3.63) is 11.6 Å². The van der Waals surface area contributed by atoms with Crippen molar-refractivity contribution in [2.75, 3.05) is 0 Å². The number of carbonyl (C=O) groups excluding carboxylic acids is 1. The number of aliphatic hydroxyl groups excluding tert-OH is 2. The molecule has 0 amide bonds. The van der Waals surface area contributed by atoms with Gasteiger partial charge in [0.25, 0.3) is 0 Å². The molecule has 4 nitrogen and oxygen atoms in total. The normalized spacial score (nSPS) is 40.2. The number of hydrogen-bond acceptors (Lipinski definition) is 4. The molecule has 3 N–H and O–H groups in total. The maximum atomic E-state index is 10.1. The zero-order valence-corrected chi connectivity index (χ0v) is 7.47. The lowest BCUT2D eigenvalue weighted by molar-refractivity contribution is -0.144. The van der Waals surface area contributed by atoms with Gasteiger partial charge in [0.15, 0.2) is 0 Å². The molecule has 1 aliphatic rings. The molecule has 4 heteroatoms. The third-order valence-corrected chi connectivity index (χ3v) is 2.56. The van der Waals surface area contributed by atoms with E-state index in [0.29, 0.717) is 11.9 Å². The van der Waals surface area contributed by atoms with Gasteiger partial charge in [0.05, 0.1) is 12.2 Å². The summed E-state index contributed by atoms with van der Waals surface area (Å²) in [7, 11) is 0. The van der Waals surface area contributed by atoms with Gasteiger partial charge in [-0.05, 0) is 25.8 Å². The van der Waals surface area contributed by atoms with Crippen molar-refractivity contribution in [1.82, 2.24) is 0 Å². The molecule has 0 bridgehead atoms. The van der Waals surface area contributed by atoms with E-state index in [2.05, 4.69) is 0 Å². The van der Waals surface area contributed by atoms with Gasteiger partial charge in [-0.15, -0.1) is 0 Å². The summed E-state index contributed by atoms with van der Waals surface area (Å²) in [6.07, 6.45) is 0.395. The third-order valence-electron chi connectivity index (χ3n) is 2.56. The van der Waals surface area contributed by atoms with Gasteiger partial charge in [0, 0.05) is 0 Å². The standard InChI is InChI=1S/C9H14O4/c1-9(13)7(11)4-6(2-3-10)5-8(9)12/h2-3,7-8,11-13H,4-5H2,1H3/t7-,8-,9?/m1/s1. The van der Waals surface area contributed by atoms with Gasteiger partial charge in [-0.3, -0.25) is 4.79 Å². The zero-order valence-electron chi connectivity index (χ0n) is 7.47. The highest BCUT2D eigenvalue weighted by molar-refractivity contribution is 5.66. The van der Waals surface area contributed by atoms with Crippen LogP contribution >= 0.6 is 0 Å². The van der Waals surface area contributed by atoms with E-state index < -0.39 is 17.8 Å². The highest BCUT2D eigenvalue weighted by Gasteiger charge is 2.42. The molecule has 74 valence electrons. The molecule has 0 aromatic rings. The first kappa shape index (κ1) is 10.4.